The van der Waals surface area contributed by atoms with Crippen LogP contribution in [0.4, 0.5) is 5.69 Å². The van der Waals surface area contributed by atoms with Crippen LogP contribution < -0.4 is 15.6 Å². The Morgan fingerprint density at radius 2 is 1.87 bits per heavy atom. The Balaban J connectivity index is 1.67. The molecule has 0 aliphatic carbocycles. The Hall–Kier alpha value is -2.97. The SMILES string of the molecule is COc1ccc(NC(=O)C(C)n2cnc3scc(-c4ccc(Br)cc4)c3c2=O)cc1. The van der Waals surface area contributed by atoms with Gasteiger partial charge in [0.05, 0.1) is 18.8 Å². The van der Waals surface area contributed by atoms with Gasteiger partial charge in [-0.25, -0.2) is 4.98 Å². The molecule has 6 nitrogen and oxygen atoms in total. The maximum atomic E-state index is 13.3. The predicted octanol–water partition coefficient (Wildman–Crippen LogP) is 5.10. The zero-order chi connectivity index (χ0) is 21.3. The molecular weight excluding hydrogens is 466 g/mol. The summed E-state index contributed by atoms with van der Waals surface area (Å²) in [6.45, 7) is 1.68. The maximum Gasteiger partial charge on any atom is 0.263 e. The number of aromatic nitrogens is 2. The van der Waals surface area contributed by atoms with E-state index in [4.69, 9.17) is 4.74 Å². The average Bonchev–Trinajstić information content (AvgIpc) is 3.19. The predicted molar refractivity (Wildman–Crippen MR) is 123 cm³/mol. The fourth-order valence-electron chi connectivity index (χ4n) is 3.11. The van der Waals surface area contributed by atoms with E-state index in [9.17, 15) is 9.59 Å². The van der Waals surface area contributed by atoms with Gasteiger partial charge in [-0.15, -0.1) is 11.3 Å². The highest BCUT2D eigenvalue weighted by atomic mass is 79.9. The number of amides is 1. The molecule has 4 aromatic rings. The van der Waals surface area contributed by atoms with Crippen molar-refractivity contribution in [3.63, 3.8) is 0 Å². The molecule has 0 aliphatic heterocycles. The number of hydrogen-bond acceptors (Lipinski definition) is 5. The quantitative estimate of drug-likeness (QED) is 0.428. The molecule has 8 heteroatoms. The van der Waals surface area contributed by atoms with Gasteiger partial charge in [0.2, 0.25) is 5.91 Å². The van der Waals surface area contributed by atoms with Crippen LogP contribution in [0.1, 0.15) is 13.0 Å². The van der Waals surface area contributed by atoms with Crippen LogP contribution in [0.5, 0.6) is 5.75 Å². The van der Waals surface area contributed by atoms with E-state index < -0.39 is 6.04 Å². The molecule has 0 spiro atoms. The zero-order valence-corrected chi connectivity index (χ0v) is 18.7. The molecule has 1 unspecified atom stereocenters. The van der Waals surface area contributed by atoms with Crippen molar-refractivity contribution in [1.82, 2.24) is 9.55 Å². The third kappa shape index (κ3) is 3.88. The lowest BCUT2D eigenvalue weighted by atomic mass is 10.1. The molecule has 4 rings (SSSR count). The number of benzene rings is 2. The standard InChI is InChI=1S/C22H18BrN3O3S/c1-13(20(27)25-16-7-9-17(29-2)10-8-16)26-12-24-21-19(22(26)28)18(11-30-21)14-3-5-15(23)6-4-14/h3-13H,1-2H3,(H,25,27). The number of nitrogens with zero attached hydrogens (tertiary/aromatic N) is 2. The summed E-state index contributed by atoms with van der Waals surface area (Å²) in [5.41, 5.74) is 2.13. The fourth-order valence-corrected chi connectivity index (χ4v) is 4.28. The second-order valence-electron chi connectivity index (χ2n) is 6.69. The summed E-state index contributed by atoms with van der Waals surface area (Å²) in [6, 6.07) is 14.0. The molecule has 2 aromatic heterocycles. The first kappa shape index (κ1) is 20.3. The zero-order valence-electron chi connectivity index (χ0n) is 16.3. The molecule has 0 fully saturated rings. The average molecular weight is 484 g/mol. The Morgan fingerprint density at radius 3 is 2.53 bits per heavy atom. The van der Waals surface area contributed by atoms with Crippen LogP contribution in [0.25, 0.3) is 21.3 Å². The molecule has 0 bridgehead atoms. The monoisotopic (exact) mass is 483 g/mol. The normalized spacial score (nSPS) is 12.0. The number of halogens is 1. The van der Waals surface area contributed by atoms with Crippen LogP contribution in [0, 0.1) is 0 Å². The van der Waals surface area contributed by atoms with E-state index in [-0.39, 0.29) is 11.5 Å². The number of ether oxygens (including phenoxy) is 1. The van der Waals surface area contributed by atoms with Crippen LogP contribution in [0.15, 0.2) is 69.5 Å². The Morgan fingerprint density at radius 1 is 1.17 bits per heavy atom. The van der Waals surface area contributed by atoms with Gasteiger partial charge in [0.25, 0.3) is 5.56 Å². The smallest absolute Gasteiger partial charge is 0.263 e. The first-order chi connectivity index (χ1) is 14.5. The molecule has 2 aromatic carbocycles. The number of thiophene rings is 1. The minimum atomic E-state index is -0.728. The lowest BCUT2D eigenvalue weighted by Crippen LogP contribution is -2.31. The van der Waals surface area contributed by atoms with Crippen LogP contribution in [-0.4, -0.2) is 22.6 Å². The summed E-state index contributed by atoms with van der Waals surface area (Å²) in [7, 11) is 1.58. The van der Waals surface area contributed by atoms with Crippen LogP contribution >= 0.6 is 27.3 Å². The fraction of sp³-hybridized carbons (Fsp3) is 0.136. The minimum Gasteiger partial charge on any atom is -0.497 e. The molecule has 1 N–H and O–H groups in total. The molecule has 1 atom stereocenters. The van der Waals surface area contributed by atoms with Crippen molar-refractivity contribution in [3.05, 3.63) is 75.1 Å². The maximum absolute atomic E-state index is 13.3. The van der Waals surface area contributed by atoms with Crippen LogP contribution in [0.2, 0.25) is 0 Å². The van der Waals surface area contributed by atoms with Gasteiger partial charge in [0, 0.05) is 21.1 Å². The van der Waals surface area contributed by atoms with Gasteiger partial charge in [-0.05, 0) is 48.9 Å². The molecule has 0 saturated heterocycles. The van der Waals surface area contributed by atoms with Gasteiger partial charge in [0.15, 0.2) is 0 Å². The summed E-state index contributed by atoms with van der Waals surface area (Å²) >= 11 is 4.84. The molecule has 0 radical (unpaired) electrons. The summed E-state index contributed by atoms with van der Waals surface area (Å²) in [6.07, 6.45) is 1.44. The Bertz CT molecular complexity index is 1260. The molecule has 152 valence electrons. The number of rotatable bonds is 5. The lowest BCUT2D eigenvalue weighted by Gasteiger charge is -2.15. The van der Waals surface area contributed by atoms with Crippen molar-refractivity contribution < 1.29 is 9.53 Å². The highest BCUT2D eigenvalue weighted by molar-refractivity contribution is 9.10. The molecule has 0 saturated carbocycles. The van der Waals surface area contributed by atoms with Crippen LogP contribution in [0.3, 0.4) is 0 Å². The van der Waals surface area contributed by atoms with Crippen molar-refractivity contribution in [3.8, 4) is 16.9 Å². The largest absolute Gasteiger partial charge is 0.497 e. The highest BCUT2D eigenvalue weighted by Gasteiger charge is 2.20. The molecular formula is C22H18BrN3O3S. The third-order valence-electron chi connectivity index (χ3n) is 4.83. The van der Waals surface area contributed by atoms with Gasteiger partial charge in [-0.3, -0.25) is 14.2 Å². The van der Waals surface area contributed by atoms with Gasteiger partial charge in [-0.1, -0.05) is 28.1 Å². The van der Waals surface area contributed by atoms with E-state index in [1.165, 1.54) is 22.2 Å². The first-order valence-electron chi connectivity index (χ1n) is 9.17. The molecule has 2 heterocycles. The second kappa shape index (κ2) is 8.41. The summed E-state index contributed by atoms with van der Waals surface area (Å²) in [5, 5.41) is 5.28. The van der Waals surface area contributed by atoms with Gasteiger partial charge in [-0.2, -0.15) is 0 Å². The van der Waals surface area contributed by atoms with E-state index in [0.29, 0.717) is 21.7 Å². The highest BCUT2D eigenvalue weighted by Crippen LogP contribution is 2.31. The minimum absolute atomic E-state index is 0.239. The Kier molecular flexibility index (Phi) is 5.69. The van der Waals surface area contributed by atoms with Crippen molar-refractivity contribution in [1.29, 1.82) is 0 Å². The van der Waals surface area contributed by atoms with E-state index in [1.54, 1.807) is 38.3 Å². The number of methoxy groups -OCH3 is 1. The van der Waals surface area contributed by atoms with E-state index in [1.807, 2.05) is 29.6 Å². The first-order valence-corrected chi connectivity index (χ1v) is 10.8. The van der Waals surface area contributed by atoms with Crippen molar-refractivity contribution in [2.24, 2.45) is 0 Å². The van der Waals surface area contributed by atoms with E-state index >= 15 is 0 Å². The summed E-state index contributed by atoms with van der Waals surface area (Å²) in [5.74, 6) is 0.397. The van der Waals surface area contributed by atoms with Crippen molar-refractivity contribution >= 4 is 49.1 Å². The number of anilines is 1. The number of hydrogen-bond donors (Lipinski definition) is 1. The van der Waals surface area contributed by atoms with E-state index in [2.05, 4.69) is 26.2 Å². The van der Waals surface area contributed by atoms with Crippen molar-refractivity contribution in [2.75, 3.05) is 12.4 Å². The molecule has 30 heavy (non-hydrogen) atoms. The summed E-state index contributed by atoms with van der Waals surface area (Å²) in [4.78, 5) is 31.1. The van der Waals surface area contributed by atoms with Gasteiger partial charge < -0.3 is 10.1 Å². The number of nitrogens with one attached hydrogen (secondary N) is 1. The van der Waals surface area contributed by atoms with Gasteiger partial charge in [0.1, 0.15) is 16.6 Å². The third-order valence-corrected chi connectivity index (χ3v) is 6.24. The van der Waals surface area contributed by atoms with Crippen LogP contribution in [-0.2, 0) is 4.79 Å². The molecule has 0 aliphatic rings. The number of carbonyl (C=O) groups excluding carboxylic acids is 1. The summed E-state index contributed by atoms with van der Waals surface area (Å²) < 4.78 is 7.46. The number of carbonyl (C=O) groups is 1. The number of fused-ring (bicyclic) bond motifs is 1. The lowest BCUT2D eigenvalue weighted by molar-refractivity contribution is -0.118. The van der Waals surface area contributed by atoms with Gasteiger partial charge >= 0.3 is 0 Å². The Labute approximate surface area is 185 Å². The molecule has 1 amide bonds. The van der Waals surface area contributed by atoms with Crippen molar-refractivity contribution in [2.45, 2.75) is 13.0 Å². The second-order valence-corrected chi connectivity index (χ2v) is 8.46. The van der Waals surface area contributed by atoms with E-state index in [0.717, 1.165) is 15.6 Å². The topological polar surface area (TPSA) is 73.2 Å².